The second kappa shape index (κ2) is 13.6. The maximum atomic E-state index is 13.5. The Balaban J connectivity index is 2.05. The standard InChI is InChI=1S/C31H48O4Si/c1-10-16-27(19-13-14-22-34-36(23(2)3,24(4)5)25(6)7)35-30(32)31(8,33-9)29-21-15-18-26-17-11-12-20-28(26)29/h10-12,15,17-18,20-21,23-25,27H,1,13-14,16,19,22H2,2-9H3/t27-,31+/m1/s1. The Hall–Kier alpha value is -1.95. The second-order valence-electron chi connectivity index (χ2n) is 11.0. The molecule has 0 aliphatic heterocycles. The zero-order valence-electron chi connectivity index (χ0n) is 23.8. The van der Waals surface area contributed by atoms with E-state index >= 15 is 0 Å². The summed E-state index contributed by atoms with van der Waals surface area (Å²) in [7, 11) is -0.287. The molecule has 2 aromatic rings. The van der Waals surface area contributed by atoms with Crippen molar-refractivity contribution in [1.29, 1.82) is 0 Å². The minimum Gasteiger partial charge on any atom is -0.460 e. The van der Waals surface area contributed by atoms with Crippen molar-refractivity contribution in [3.63, 3.8) is 0 Å². The predicted octanol–water partition coefficient (Wildman–Crippen LogP) is 8.55. The Labute approximate surface area is 220 Å². The predicted molar refractivity (Wildman–Crippen MR) is 154 cm³/mol. The molecule has 5 heteroatoms. The Morgan fingerprint density at radius 2 is 1.58 bits per heavy atom. The molecule has 0 aliphatic carbocycles. The zero-order valence-corrected chi connectivity index (χ0v) is 24.8. The van der Waals surface area contributed by atoms with E-state index in [0.29, 0.717) is 23.0 Å². The Morgan fingerprint density at radius 3 is 2.17 bits per heavy atom. The molecule has 0 fully saturated rings. The molecule has 0 saturated carbocycles. The third-order valence-electron chi connectivity index (χ3n) is 7.78. The van der Waals surface area contributed by atoms with Crippen LogP contribution < -0.4 is 0 Å². The van der Waals surface area contributed by atoms with Gasteiger partial charge < -0.3 is 13.9 Å². The third kappa shape index (κ3) is 6.67. The van der Waals surface area contributed by atoms with Gasteiger partial charge in [-0.25, -0.2) is 4.79 Å². The molecule has 200 valence electrons. The molecule has 0 heterocycles. The average molecular weight is 513 g/mol. The van der Waals surface area contributed by atoms with Crippen LogP contribution in [0.5, 0.6) is 0 Å². The summed E-state index contributed by atoms with van der Waals surface area (Å²) in [5, 5.41) is 2.06. The van der Waals surface area contributed by atoms with Crippen molar-refractivity contribution < 1.29 is 18.7 Å². The number of methoxy groups -OCH3 is 1. The summed E-state index contributed by atoms with van der Waals surface area (Å²) in [5.41, 5.74) is 1.35. The van der Waals surface area contributed by atoms with E-state index in [2.05, 4.69) is 48.1 Å². The van der Waals surface area contributed by atoms with Crippen LogP contribution in [0.3, 0.4) is 0 Å². The van der Waals surface area contributed by atoms with Gasteiger partial charge in [0.05, 0.1) is 0 Å². The highest BCUT2D eigenvalue weighted by atomic mass is 28.4. The molecule has 36 heavy (non-hydrogen) atoms. The molecule has 0 saturated heterocycles. The van der Waals surface area contributed by atoms with Crippen molar-refractivity contribution >= 4 is 25.1 Å². The first-order chi connectivity index (χ1) is 17.0. The lowest BCUT2D eigenvalue weighted by Crippen LogP contribution is -2.47. The molecule has 0 spiro atoms. The summed E-state index contributed by atoms with van der Waals surface area (Å²) in [6, 6.07) is 14.0. The van der Waals surface area contributed by atoms with Crippen molar-refractivity contribution in [1.82, 2.24) is 0 Å². The molecule has 2 aromatic carbocycles. The first-order valence-electron chi connectivity index (χ1n) is 13.5. The number of rotatable bonds is 15. The summed E-state index contributed by atoms with van der Waals surface area (Å²) < 4.78 is 18.5. The highest BCUT2D eigenvalue weighted by molar-refractivity contribution is 6.77. The molecule has 0 radical (unpaired) electrons. The number of esters is 1. The summed E-state index contributed by atoms with van der Waals surface area (Å²) in [4.78, 5) is 13.5. The summed E-state index contributed by atoms with van der Waals surface area (Å²) in [6.07, 6.45) is 4.87. The van der Waals surface area contributed by atoms with Gasteiger partial charge in [-0.3, -0.25) is 0 Å². The number of hydrogen-bond acceptors (Lipinski definition) is 4. The number of hydrogen-bond donors (Lipinski definition) is 0. The Morgan fingerprint density at radius 1 is 0.972 bits per heavy atom. The minimum absolute atomic E-state index is 0.234. The topological polar surface area (TPSA) is 44.8 Å². The van der Waals surface area contributed by atoms with Crippen LogP contribution in [0.15, 0.2) is 55.1 Å². The smallest absolute Gasteiger partial charge is 0.343 e. The number of carbonyl (C=O) groups is 1. The van der Waals surface area contributed by atoms with Crippen molar-refractivity contribution in [2.75, 3.05) is 13.7 Å². The van der Waals surface area contributed by atoms with Crippen molar-refractivity contribution in [3.05, 3.63) is 60.7 Å². The first kappa shape index (κ1) is 30.3. The fourth-order valence-corrected chi connectivity index (χ4v) is 11.3. The third-order valence-corrected chi connectivity index (χ3v) is 13.9. The van der Waals surface area contributed by atoms with E-state index < -0.39 is 13.9 Å². The van der Waals surface area contributed by atoms with E-state index in [0.717, 1.165) is 42.2 Å². The van der Waals surface area contributed by atoms with E-state index in [1.807, 2.05) is 48.5 Å². The Kier molecular flexibility index (Phi) is 11.4. The molecule has 2 atom stereocenters. The van der Waals surface area contributed by atoms with Crippen LogP contribution in [0.4, 0.5) is 0 Å². The fraction of sp³-hybridized carbons (Fsp3) is 0.581. The lowest BCUT2D eigenvalue weighted by molar-refractivity contribution is -0.174. The number of carbonyl (C=O) groups excluding carboxylic acids is 1. The molecular formula is C31H48O4Si. The van der Waals surface area contributed by atoms with Gasteiger partial charge >= 0.3 is 5.97 Å². The van der Waals surface area contributed by atoms with Crippen LogP contribution in [-0.2, 0) is 24.3 Å². The van der Waals surface area contributed by atoms with Gasteiger partial charge in [-0.15, -0.1) is 6.58 Å². The van der Waals surface area contributed by atoms with Gasteiger partial charge in [-0.2, -0.15) is 0 Å². The maximum Gasteiger partial charge on any atom is 0.343 e. The second-order valence-corrected chi connectivity index (χ2v) is 16.4. The van der Waals surface area contributed by atoms with Gasteiger partial charge in [0, 0.05) is 25.7 Å². The number of ether oxygens (including phenoxy) is 2. The molecule has 2 rings (SSSR count). The van der Waals surface area contributed by atoms with Gasteiger partial charge in [0.1, 0.15) is 6.10 Å². The summed E-state index contributed by atoms with van der Waals surface area (Å²) in [5.74, 6) is -0.365. The lowest BCUT2D eigenvalue weighted by atomic mass is 9.90. The molecule has 0 aromatic heterocycles. The van der Waals surface area contributed by atoms with Gasteiger partial charge in [0.15, 0.2) is 13.9 Å². The van der Waals surface area contributed by atoms with Crippen LogP contribution in [0.1, 0.15) is 79.7 Å². The molecule has 0 aliphatic rings. The summed E-state index contributed by atoms with van der Waals surface area (Å²) >= 11 is 0. The quantitative estimate of drug-likeness (QED) is 0.104. The van der Waals surface area contributed by atoms with E-state index in [4.69, 9.17) is 13.9 Å². The van der Waals surface area contributed by atoms with E-state index in [9.17, 15) is 4.79 Å². The van der Waals surface area contributed by atoms with Crippen LogP contribution in [0.25, 0.3) is 10.8 Å². The van der Waals surface area contributed by atoms with Gasteiger partial charge in [0.25, 0.3) is 0 Å². The summed E-state index contributed by atoms with van der Waals surface area (Å²) in [6.45, 7) is 20.3. The van der Waals surface area contributed by atoms with E-state index in [1.54, 1.807) is 14.0 Å². The fourth-order valence-electron chi connectivity index (χ4n) is 5.84. The highest BCUT2D eigenvalue weighted by Gasteiger charge is 2.45. The first-order valence-corrected chi connectivity index (χ1v) is 15.7. The normalized spacial score (nSPS) is 14.9. The van der Waals surface area contributed by atoms with Crippen LogP contribution in [-0.4, -0.2) is 34.1 Å². The molecule has 0 unspecified atom stereocenters. The molecule has 4 nitrogen and oxygen atoms in total. The molecular weight excluding hydrogens is 464 g/mol. The molecule has 0 N–H and O–H groups in total. The SMILES string of the molecule is C=CC[C@H](CCCCO[Si](C(C)C)(C(C)C)C(C)C)OC(=O)[C@@](C)(OC)c1cccc2ccccc12. The highest BCUT2D eigenvalue weighted by Crippen LogP contribution is 2.42. The number of fused-ring (bicyclic) bond motifs is 1. The van der Waals surface area contributed by atoms with Gasteiger partial charge in [-0.05, 0) is 53.6 Å². The Bertz CT molecular complexity index is 956. The molecule has 0 amide bonds. The maximum absolute atomic E-state index is 13.5. The van der Waals surface area contributed by atoms with Crippen molar-refractivity contribution in [3.8, 4) is 0 Å². The number of unbranched alkanes of at least 4 members (excludes halogenated alkanes) is 1. The molecule has 0 bridgehead atoms. The van der Waals surface area contributed by atoms with E-state index in [1.165, 1.54) is 0 Å². The van der Waals surface area contributed by atoms with Crippen LogP contribution in [0.2, 0.25) is 16.6 Å². The van der Waals surface area contributed by atoms with Crippen LogP contribution in [0, 0.1) is 0 Å². The van der Waals surface area contributed by atoms with Gasteiger partial charge in [0.2, 0.25) is 0 Å². The number of benzene rings is 2. The lowest BCUT2D eigenvalue weighted by Gasteiger charge is -2.42. The minimum atomic E-state index is -1.85. The monoisotopic (exact) mass is 512 g/mol. The zero-order chi connectivity index (χ0) is 26.9. The van der Waals surface area contributed by atoms with Crippen LogP contribution >= 0.6 is 0 Å². The largest absolute Gasteiger partial charge is 0.460 e. The van der Waals surface area contributed by atoms with Crippen molar-refractivity contribution in [2.24, 2.45) is 0 Å². The van der Waals surface area contributed by atoms with Crippen molar-refractivity contribution in [2.45, 2.75) is 102 Å². The van der Waals surface area contributed by atoms with E-state index in [-0.39, 0.29) is 12.1 Å². The van der Waals surface area contributed by atoms with Gasteiger partial charge in [-0.1, -0.05) is 90.1 Å². The average Bonchev–Trinajstić information content (AvgIpc) is 2.84.